The molecule has 0 N–H and O–H groups in total. The van der Waals surface area contributed by atoms with E-state index in [4.69, 9.17) is 0 Å². The van der Waals surface area contributed by atoms with E-state index in [9.17, 15) is 0 Å². The van der Waals surface area contributed by atoms with Crippen LogP contribution in [0.25, 0.3) is 11.0 Å². The first-order chi connectivity index (χ1) is 6.91. The van der Waals surface area contributed by atoms with E-state index >= 15 is 0 Å². The molecule has 0 fully saturated rings. The van der Waals surface area contributed by atoms with Crippen LogP contribution in [0.4, 0.5) is 0 Å². The van der Waals surface area contributed by atoms with Crippen molar-refractivity contribution in [2.75, 3.05) is 0 Å². The Hall–Kier alpha value is -1.38. The summed E-state index contributed by atoms with van der Waals surface area (Å²) in [4.78, 5) is 4.38. The van der Waals surface area contributed by atoms with Gasteiger partial charge in [-0.15, -0.1) is 0 Å². The molecule has 2 aromatic heterocycles. The van der Waals surface area contributed by atoms with E-state index in [0.29, 0.717) is 0 Å². The highest BCUT2D eigenvalue weighted by atomic mass is 15.3. The quantitative estimate of drug-likeness (QED) is 0.659. The molecule has 2 rings (SSSR count). The number of pyridine rings is 1. The molecule has 0 spiro atoms. The topological polar surface area (TPSA) is 30.7 Å². The lowest BCUT2D eigenvalue weighted by atomic mass is 9.85. The van der Waals surface area contributed by atoms with Crippen LogP contribution in [0.15, 0.2) is 12.3 Å². The molecule has 2 heterocycles. The Balaban J connectivity index is 2.87. The number of hydrogen-bond acceptors (Lipinski definition) is 2. The minimum Gasteiger partial charge on any atom is -0.250 e. The van der Waals surface area contributed by atoms with Gasteiger partial charge in [-0.2, -0.15) is 5.10 Å². The SMILES string of the molecule is Cc1nn(C)c2nccc(C(C)(C)C)c12. The maximum Gasteiger partial charge on any atom is 0.158 e. The fraction of sp³-hybridized carbons (Fsp3) is 0.500. The number of rotatable bonds is 0. The van der Waals surface area contributed by atoms with Crippen molar-refractivity contribution in [1.82, 2.24) is 14.8 Å². The van der Waals surface area contributed by atoms with Crippen molar-refractivity contribution in [2.45, 2.75) is 33.1 Å². The van der Waals surface area contributed by atoms with Crippen molar-refractivity contribution in [1.29, 1.82) is 0 Å². The first-order valence-electron chi connectivity index (χ1n) is 5.20. The molecule has 80 valence electrons. The van der Waals surface area contributed by atoms with Crippen LogP contribution in [0.2, 0.25) is 0 Å². The summed E-state index contributed by atoms with van der Waals surface area (Å²) in [6.45, 7) is 8.69. The molecule has 0 saturated carbocycles. The number of hydrogen-bond donors (Lipinski definition) is 0. The van der Waals surface area contributed by atoms with E-state index < -0.39 is 0 Å². The van der Waals surface area contributed by atoms with Crippen molar-refractivity contribution in [3.63, 3.8) is 0 Å². The Morgan fingerprint density at radius 1 is 1.27 bits per heavy atom. The van der Waals surface area contributed by atoms with Gasteiger partial charge in [0.1, 0.15) is 0 Å². The van der Waals surface area contributed by atoms with Gasteiger partial charge in [0.25, 0.3) is 0 Å². The number of aryl methyl sites for hydroxylation is 2. The molecular weight excluding hydrogens is 186 g/mol. The fourth-order valence-corrected chi connectivity index (χ4v) is 2.00. The van der Waals surface area contributed by atoms with Gasteiger partial charge < -0.3 is 0 Å². The molecule has 0 atom stereocenters. The summed E-state index contributed by atoms with van der Waals surface area (Å²) in [6.07, 6.45) is 1.87. The zero-order valence-corrected chi connectivity index (χ0v) is 10.00. The van der Waals surface area contributed by atoms with Gasteiger partial charge in [0.15, 0.2) is 5.65 Å². The third kappa shape index (κ3) is 1.52. The standard InChI is InChI=1S/C12H17N3/c1-8-10-9(12(2,3)4)6-7-13-11(10)15(5)14-8/h6-7H,1-5H3. The first kappa shape index (κ1) is 10.1. The third-order valence-electron chi connectivity index (χ3n) is 2.71. The zero-order valence-electron chi connectivity index (χ0n) is 10.00. The van der Waals surface area contributed by atoms with Gasteiger partial charge in [0.05, 0.1) is 5.69 Å². The smallest absolute Gasteiger partial charge is 0.158 e. The molecule has 0 aliphatic rings. The average molecular weight is 203 g/mol. The lowest BCUT2D eigenvalue weighted by Crippen LogP contribution is -2.12. The summed E-state index contributed by atoms with van der Waals surface area (Å²) >= 11 is 0. The molecule has 0 aliphatic carbocycles. The Kier molecular flexibility index (Phi) is 2.07. The third-order valence-corrected chi connectivity index (χ3v) is 2.71. The van der Waals surface area contributed by atoms with Crippen LogP contribution in [0, 0.1) is 6.92 Å². The van der Waals surface area contributed by atoms with Gasteiger partial charge in [0, 0.05) is 18.6 Å². The second kappa shape index (κ2) is 3.05. The number of nitrogens with zero attached hydrogens (tertiary/aromatic N) is 3. The molecule has 2 aromatic rings. The highest BCUT2D eigenvalue weighted by molar-refractivity contribution is 5.82. The molecule has 0 amide bonds. The van der Waals surface area contributed by atoms with E-state index in [-0.39, 0.29) is 5.41 Å². The van der Waals surface area contributed by atoms with Crippen LogP contribution in [0.5, 0.6) is 0 Å². The predicted octanol–water partition coefficient (Wildman–Crippen LogP) is 2.57. The van der Waals surface area contributed by atoms with E-state index in [2.05, 4.69) is 36.9 Å². The highest BCUT2D eigenvalue weighted by Gasteiger charge is 2.20. The minimum absolute atomic E-state index is 0.134. The van der Waals surface area contributed by atoms with Gasteiger partial charge in [-0.25, -0.2) is 4.98 Å². The van der Waals surface area contributed by atoms with Crippen molar-refractivity contribution < 1.29 is 0 Å². The van der Waals surface area contributed by atoms with Crippen molar-refractivity contribution >= 4 is 11.0 Å². The lowest BCUT2D eigenvalue weighted by Gasteiger charge is -2.19. The summed E-state index contributed by atoms with van der Waals surface area (Å²) in [7, 11) is 1.94. The Morgan fingerprint density at radius 3 is 2.53 bits per heavy atom. The summed E-state index contributed by atoms with van der Waals surface area (Å²) in [5.41, 5.74) is 3.48. The van der Waals surface area contributed by atoms with Crippen molar-refractivity contribution in [3.05, 3.63) is 23.5 Å². The van der Waals surface area contributed by atoms with Crippen LogP contribution in [0.1, 0.15) is 32.0 Å². The normalized spacial score (nSPS) is 12.3. The molecule has 3 heteroatoms. The Morgan fingerprint density at radius 2 is 1.93 bits per heavy atom. The highest BCUT2D eigenvalue weighted by Crippen LogP contribution is 2.30. The van der Waals surface area contributed by atoms with Gasteiger partial charge in [-0.05, 0) is 24.0 Å². The number of fused-ring (bicyclic) bond motifs is 1. The summed E-state index contributed by atoms with van der Waals surface area (Å²) in [6, 6.07) is 2.09. The van der Waals surface area contributed by atoms with Gasteiger partial charge in [-0.1, -0.05) is 20.8 Å². The second-order valence-corrected chi connectivity index (χ2v) is 5.02. The largest absolute Gasteiger partial charge is 0.250 e. The van der Waals surface area contributed by atoms with E-state index in [0.717, 1.165) is 11.3 Å². The molecule has 0 bridgehead atoms. The van der Waals surface area contributed by atoms with E-state index in [1.165, 1.54) is 10.9 Å². The van der Waals surface area contributed by atoms with Crippen LogP contribution >= 0.6 is 0 Å². The molecule has 0 radical (unpaired) electrons. The monoisotopic (exact) mass is 203 g/mol. The molecule has 3 nitrogen and oxygen atoms in total. The summed E-state index contributed by atoms with van der Waals surface area (Å²) in [5, 5.41) is 5.62. The molecule has 15 heavy (non-hydrogen) atoms. The van der Waals surface area contributed by atoms with Crippen molar-refractivity contribution in [3.8, 4) is 0 Å². The second-order valence-electron chi connectivity index (χ2n) is 5.02. The van der Waals surface area contributed by atoms with Crippen LogP contribution < -0.4 is 0 Å². The molecule has 0 aromatic carbocycles. The summed E-state index contributed by atoms with van der Waals surface area (Å²) in [5.74, 6) is 0. The van der Waals surface area contributed by atoms with Gasteiger partial charge in [-0.3, -0.25) is 4.68 Å². The van der Waals surface area contributed by atoms with Crippen LogP contribution in [-0.4, -0.2) is 14.8 Å². The Labute approximate surface area is 90.1 Å². The maximum atomic E-state index is 4.42. The predicted molar refractivity (Wildman–Crippen MR) is 61.9 cm³/mol. The number of aromatic nitrogens is 3. The zero-order chi connectivity index (χ0) is 11.2. The van der Waals surface area contributed by atoms with Crippen LogP contribution in [-0.2, 0) is 12.5 Å². The van der Waals surface area contributed by atoms with Gasteiger partial charge >= 0.3 is 0 Å². The molecule has 0 unspecified atom stereocenters. The molecule has 0 saturated heterocycles. The van der Waals surface area contributed by atoms with E-state index in [1.54, 1.807) is 0 Å². The van der Waals surface area contributed by atoms with Crippen LogP contribution in [0.3, 0.4) is 0 Å². The molecule has 0 aliphatic heterocycles. The van der Waals surface area contributed by atoms with Gasteiger partial charge in [0.2, 0.25) is 0 Å². The summed E-state index contributed by atoms with van der Waals surface area (Å²) < 4.78 is 1.85. The minimum atomic E-state index is 0.134. The lowest BCUT2D eigenvalue weighted by molar-refractivity contribution is 0.595. The Bertz CT molecular complexity index is 503. The first-order valence-corrected chi connectivity index (χ1v) is 5.20. The molecular formula is C12H17N3. The van der Waals surface area contributed by atoms with E-state index in [1.807, 2.05) is 24.9 Å². The average Bonchev–Trinajstić information content (AvgIpc) is 2.41. The fourth-order valence-electron chi connectivity index (χ4n) is 2.00. The van der Waals surface area contributed by atoms with Crippen molar-refractivity contribution in [2.24, 2.45) is 7.05 Å². The maximum absolute atomic E-state index is 4.42.